The maximum atomic E-state index is 12.9. The van der Waals surface area contributed by atoms with Gasteiger partial charge in [0.05, 0.1) is 11.1 Å². The van der Waals surface area contributed by atoms with Gasteiger partial charge in [-0.3, -0.25) is 0 Å². The van der Waals surface area contributed by atoms with E-state index in [2.05, 4.69) is 5.92 Å². The fourth-order valence-corrected chi connectivity index (χ4v) is 2.03. The normalized spacial score (nSPS) is 17.6. The van der Waals surface area contributed by atoms with Crippen LogP contribution in [0.4, 0.5) is 13.2 Å². The summed E-state index contributed by atoms with van der Waals surface area (Å²) in [4.78, 5) is 10.9. The van der Waals surface area contributed by atoms with Crippen LogP contribution in [-0.2, 0) is 4.79 Å². The van der Waals surface area contributed by atoms with Crippen molar-refractivity contribution in [2.75, 3.05) is 0 Å². The first kappa shape index (κ1) is 14.3. The number of carboxylic acid groups (broad SMARTS) is 1. The van der Waals surface area contributed by atoms with Crippen molar-refractivity contribution in [1.29, 1.82) is 0 Å². The molecule has 1 N–H and O–H groups in total. The van der Waals surface area contributed by atoms with Crippen LogP contribution in [0.3, 0.4) is 0 Å². The molecule has 0 fully saturated rings. The van der Waals surface area contributed by atoms with E-state index in [-0.39, 0.29) is 21.9 Å². The average molecular weight is 303 g/mol. The van der Waals surface area contributed by atoms with Crippen LogP contribution in [0.25, 0.3) is 6.08 Å². The zero-order valence-corrected chi connectivity index (χ0v) is 10.4. The molecular weight excluding hydrogens is 297 g/mol. The quantitative estimate of drug-likeness (QED) is 0.811. The Balaban J connectivity index is 2.66. The highest BCUT2D eigenvalue weighted by molar-refractivity contribution is 6.31. The van der Waals surface area contributed by atoms with Crippen LogP contribution in [0.5, 0.6) is 5.75 Å². The Morgan fingerprint density at radius 2 is 2.10 bits per heavy atom. The number of fused-ring (bicyclic) bond motifs is 1. The molecule has 3 nitrogen and oxygen atoms in total. The second kappa shape index (κ2) is 4.76. The van der Waals surface area contributed by atoms with E-state index in [0.717, 1.165) is 6.08 Å². The standard InChI is InChI=1S/C13H6ClF3O3/c1-2-6-3-8(14)4-7-5-9(12(18)19)11(13(15,16)17)20-10(6)7/h1,3-5,11H,(H,18,19). The summed E-state index contributed by atoms with van der Waals surface area (Å²) in [7, 11) is 0. The van der Waals surface area contributed by atoms with Crippen LogP contribution < -0.4 is 4.74 Å². The molecule has 7 heteroatoms. The smallest absolute Gasteiger partial charge is 0.430 e. The Morgan fingerprint density at radius 1 is 1.45 bits per heavy atom. The number of terminal acetylenes is 1. The number of rotatable bonds is 1. The SMILES string of the molecule is C#Cc1cc(Cl)cc2c1OC(C(F)(F)F)C(C(=O)O)=C2. The molecule has 1 aromatic carbocycles. The maximum Gasteiger partial charge on any atom is 0.430 e. The summed E-state index contributed by atoms with van der Waals surface area (Å²) in [5.74, 6) is 0.232. The molecule has 0 aliphatic carbocycles. The third-order valence-electron chi connectivity index (χ3n) is 2.61. The second-order valence-electron chi connectivity index (χ2n) is 3.96. The van der Waals surface area contributed by atoms with Crippen molar-refractivity contribution in [1.82, 2.24) is 0 Å². The molecule has 0 spiro atoms. The molecule has 1 unspecified atom stereocenters. The van der Waals surface area contributed by atoms with Gasteiger partial charge in [-0.15, -0.1) is 6.42 Å². The summed E-state index contributed by atoms with van der Waals surface area (Å²) in [6.45, 7) is 0. The van der Waals surface area contributed by atoms with Crippen molar-refractivity contribution < 1.29 is 27.8 Å². The summed E-state index contributed by atoms with van der Waals surface area (Å²) >= 11 is 5.76. The minimum absolute atomic E-state index is 0.0300. The molecule has 0 aromatic heterocycles. The van der Waals surface area contributed by atoms with Crippen LogP contribution in [0, 0.1) is 12.3 Å². The summed E-state index contributed by atoms with van der Waals surface area (Å²) in [6.07, 6.45) is -1.38. The van der Waals surface area contributed by atoms with Crippen molar-refractivity contribution in [2.45, 2.75) is 12.3 Å². The molecule has 1 aromatic rings. The monoisotopic (exact) mass is 302 g/mol. The number of carbonyl (C=O) groups is 1. The van der Waals surface area contributed by atoms with E-state index in [1.165, 1.54) is 12.1 Å². The zero-order valence-electron chi connectivity index (χ0n) is 9.66. The third kappa shape index (κ3) is 2.45. The van der Waals surface area contributed by atoms with Crippen LogP contribution in [0.2, 0.25) is 5.02 Å². The van der Waals surface area contributed by atoms with Crippen LogP contribution in [0.1, 0.15) is 11.1 Å². The van der Waals surface area contributed by atoms with E-state index >= 15 is 0 Å². The average Bonchev–Trinajstić information content (AvgIpc) is 2.34. The van der Waals surface area contributed by atoms with Gasteiger partial charge in [0, 0.05) is 10.6 Å². The molecule has 1 aliphatic rings. The number of carboxylic acids is 1. The van der Waals surface area contributed by atoms with Gasteiger partial charge < -0.3 is 9.84 Å². The van der Waals surface area contributed by atoms with E-state index < -0.39 is 23.8 Å². The lowest BCUT2D eigenvalue weighted by Gasteiger charge is -2.27. The van der Waals surface area contributed by atoms with E-state index in [9.17, 15) is 18.0 Å². The highest BCUT2D eigenvalue weighted by atomic mass is 35.5. The predicted octanol–water partition coefficient (Wildman–Crippen LogP) is 3.11. The number of hydrogen-bond donors (Lipinski definition) is 1. The molecule has 0 amide bonds. The van der Waals surface area contributed by atoms with Crippen LogP contribution >= 0.6 is 11.6 Å². The molecule has 1 atom stereocenters. The first-order chi connectivity index (χ1) is 9.24. The fourth-order valence-electron chi connectivity index (χ4n) is 1.80. The van der Waals surface area contributed by atoms with Crippen molar-refractivity contribution >= 4 is 23.6 Å². The number of aliphatic carboxylic acids is 1. The number of halogens is 4. The van der Waals surface area contributed by atoms with Crippen molar-refractivity contribution in [3.63, 3.8) is 0 Å². The first-order valence-electron chi connectivity index (χ1n) is 5.22. The summed E-state index contributed by atoms with van der Waals surface area (Å²) < 4.78 is 43.3. The maximum absolute atomic E-state index is 12.9. The summed E-state index contributed by atoms with van der Waals surface area (Å²) in [6, 6.07) is 2.56. The van der Waals surface area contributed by atoms with Crippen molar-refractivity contribution in [3.05, 3.63) is 33.9 Å². The lowest BCUT2D eigenvalue weighted by Crippen LogP contribution is -2.40. The number of ether oxygens (including phenoxy) is 1. The molecule has 0 bridgehead atoms. The third-order valence-corrected chi connectivity index (χ3v) is 2.83. The van der Waals surface area contributed by atoms with Gasteiger partial charge in [0.15, 0.2) is 0 Å². The van der Waals surface area contributed by atoms with E-state index in [1.807, 2.05) is 0 Å². The van der Waals surface area contributed by atoms with E-state index in [1.54, 1.807) is 0 Å². The highest BCUT2D eigenvalue weighted by Gasteiger charge is 2.48. The van der Waals surface area contributed by atoms with Gasteiger partial charge >= 0.3 is 12.1 Å². The van der Waals surface area contributed by atoms with Crippen molar-refractivity contribution in [3.8, 4) is 18.1 Å². The van der Waals surface area contributed by atoms with Gasteiger partial charge in [0.25, 0.3) is 0 Å². The van der Waals surface area contributed by atoms with Gasteiger partial charge in [-0.05, 0) is 18.2 Å². The van der Waals surface area contributed by atoms with Crippen molar-refractivity contribution in [2.24, 2.45) is 0 Å². The number of alkyl halides is 3. The number of benzene rings is 1. The van der Waals surface area contributed by atoms with Crippen LogP contribution in [-0.4, -0.2) is 23.4 Å². The van der Waals surface area contributed by atoms with E-state index in [4.69, 9.17) is 27.9 Å². The molecular formula is C13H6ClF3O3. The Labute approximate surface area is 116 Å². The van der Waals surface area contributed by atoms with Gasteiger partial charge in [0.1, 0.15) is 5.75 Å². The minimum Gasteiger partial charge on any atom is -0.478 e. The Kier molecular flexibility index (Phi) is 3.40. The Morgan fingerprint density at radius 3 is 2.60 bits per heavy atom. The highest BCUT2D eigenvalue weighted by Crippen LogP contribution is 2.40. The molecule has 104 valence electrons. The molecule has 1 heterocycles. The summed E-state index contributed by atoms with van der Waals surface area (Å²) in [5, 5.41) is 9.04. The predicted molar refractivity (Wildman–Crippen MR) is 65.5 cm³/mol. The lowest BCUT2D eigenvalue weighted by atomic mass is 9.99. The lowest BCUT2D eigenvalue weighted by molar-refractivity contribution is -0.187. The second-order valence-corrected chi connectivity index (χ2v) is 4.40. The van der Waals surface area contributed by atoms with Gasteiger partial charge in [0.2, 0.25) is 6.10 Å². The first-order valence-corrected chi connectivity index (χ1v) is 5.60. The molecule has 20 heavy (non-hydrogen) atoms. The van der Waals surface area contributed by atoms with Gasteiger partial charge in [-0.2, -0.15) is 13.2 Å². The molecule has 0 saturated heterocycles. The molecule has 0 saturated carbocycles. The Hall–Kier alpha value is -2.13. The molecule has 0 radical (unpaired) electrons. The van der Waals surface area contributed by atoms with Gasteiger partial charge in [-0.1, -0.05) is 17.5 Å². The van der Waals surface area contributed by atoms with Crippen LogP contribution in [0.15, 0.2) is 17.7 Å². The minimum atomic E-state index is -4.87. The largest absolute Gasteiger partial charge is 0.478 e. The van der Waals surface area contributed by atoms with E-state index in [0.29, 0.717) is 0 Å². The Bertz CT molecular complexity index is 656. The molecule has 2 rings (SSSR count). The topological polar surface area (TPSA) is 46.5 Å². The summed E-state index contributed by atoms with van der Waals surface area (Å²) in [5.41, 5.74) is -0.791. The number of hydrogen-bond acceptors (Lipinski definition) is 2. The molecule has 1 aliphatic heterocycles. The fraction of sp³-hybridized carbons (Fsp3) is 0.154. The zero-order chi connectivity index (χ0) is 15.1. The van der Waals surface area contributed by atoms with Gasteiger partial charge in [-0.25, -0.2) is 4.79 Å².